The van der Waals surface area contributed by atoms with Gasteiger partial charge in [-0.2, -0.15) is 4.98 Å². The van der Waals surface area contributed by atoms with Crippen molar-refractivity contribution < 1.29 is 39.1 Å². The first kappa shape index (κ1) is 24.4. The molecule has 0 aliphatic rings. The van der Waals surface area contributed by atoms with E-state index in [0.29, 0.717) is 6.42 Å². The lowest BCUT2D eigenvalue weighted by Crippen LogP contribution is -2.39. The van der Waals surface area contributed by atoms with Gasteiger partial charge in [-0.3, -0.25) is 4.90 Å². The molecule has 0 fully saturated rings. The number of ether oxygens (including phenoxy) is 3. The molecule has 0 saturated carbocycles. The van der Waals surface area contributed by atoms with Crippen LogP contribution in [0.5, 0.6) is 11.6 Å². The molecule has 0 aromatic carbocycles. The van der Waals surface area contributed by atoms with Crippen LogP contribution in [0.2, 0.25) is 0 Å². The number of aromatic hydroxyl groups is 2. The van der Waals surface area contributed by atoms with Crippen LogP contribution in [0.15, 0.2) is 0 Å². The Kier molecular flexibility index (Phi) is 8.59. The molecule has 3 N–H and O–H groups in total. The highest BCUT2D eigenvalue weighted by Gasteiger charge is 2.31. The molecule has 29 heavy (non-hydrogen) atoms. The Morgan fingerprint density at radius 3 is 2.31 bits per heavy atom. The molecule has 0 radical (unpaired) electrons. The summed E-state index contributed by atoms with van der Waals surface area (Å²) in [6, 6.07) is -0.996. The Morgan fingerprint density at radius 1 is 1.17 bits per heavy atom. The SMILES string of the molecule is CC[C@H](O)COCC(c1nc(O)c(O)c(C(=O)OC)n1)N(C)C(=O)OC(C)(C)C. The fraction of sp³-hybridized carbons (Fsp3) is 0.667. The molecule has 0 spiro atoms. The lowest BCUT2D eigenvalue weighted by Gasteiger charge is -2.30. The van der Waals surface area contributed by atoms with E-state index in [2.05, 4.69) is 14.7 Å². The quantitative estimate of drug-likeness (QED) is 0.531. The Morgan fingerprint density at radius 2 is 1.79 bits per heavy atom. The average molecular weight is 415 g/mol. The van der Waals surface area contributed by atoms with Crippen LogP contribution in [-0.2, 0) is 14.2 Å². The van der Waals surface area contributed by atoms with Gasteiger partial charge in [-0.1, -0.05) is 6.92 Å². The highest BCUT2D eigenvalue weighted by molar-refractivity contribution is 5.90. The summed E-state index contributed by atoms with van der Waals surface area (Å²) >= 11 is 0. The third kappa shape index (κ3) is 7.02. The van der Waals surface area contributed by atoms with Crippen LogP contribution < -0.4 is 0 Å². The van der Waals surface area contributed by atoms with Crippen molar-refractivity contribution in [1.29, 1.82) is 0 Å². The molecular formula is C18H29N3O8. The normalized spacial score (nSPS) is 13.5. The minimum absolute atomic E-state index is 0.0108. The summed E-state index contributed by atoms with van der Waals surface area (Å²) in [4.78, 5) is 33.2. The zero-order valence-corrected chi connectivity index (χ0v) is 17.5. The molecule has 1 aromatic rings. The number of rotatable bonds is 8. The van der Waals surface area contributed by atoms with E-state index in [1.807, 2.05) is 0 Å². The first-order valence-electron chi connectivity index (χ1n) is 9.01. The van der Waals surface area contributed by atoms with Gasteiger partial charge in [-0.15, -0.1) is 0 Å². The van der Waals surface area contributed by atoms with Crippen molar-refractivity contribution in [2.45, 2.75) is 51.9 Å². The van der Waals surface area contributed by atoms with E-state index in [1.165, 1.54) is 7.05 Å². The molecule has 1 rings (SSSR count). The summed E-state index contributed by atoms with van der Waals surface area (Å²) < 4.78 is 15.3. The Balaban J connectivity index is 3.27. The molecule has 11 heteroatoms. The van der Waals surface area contributed by atoms with Gasteiger partial charge in [0, 0.05) is 7.05 Å². The predicted octanol–water partition coefficient (Wildman–Crippen LogP) is 1.37. The largest absolute Gasteiger partial charge is 0.501 e. The third-order valence-corrected chi connectivity index (χ3v) is 3.77. The third-order valence-electron chi connectivity index (χ3n) is 3.77. The summed E-state index contributed by atoms with van der Waals surface area (Å²) in [5, 5.41) is 29.4. The maximum atomic E-state index is 12.5. The number of likely N-dealkylation sites (N-methyl/N-ethyl adjacent to an activating group) is 1. The molecule has 11 nitrogen and oxygen atoms in total. The molecule has 0 aliphatic carbocycles. The van der Waals surface area contributed by atoms with Gasteiger partial charge in [0.2, 0.25) is 5.75 Å². The highest BCUT2D eigenvalue weighted by atomic mass is 16.6. The summed E-state index contributed by atoms with van der Waals surface area (Å²) in [6.45, 7) is 6.68. The van der Waals surface area contributed by atoms with Gasteiger partial charge >= 0.3 is 12.1 Å². The van der Waals surface area contributed by atoms with E-state index in [4.69, 9.17) is 9.47 Å². The number of methoxy groups -OCH3 is 1. The molecule has 2 atom stereocenters. The standard InChI is InChI=1S/C18H29N3O8/c1-7-10(22)8-28-9-11(21(5)17(26)29-18(2,3)4)14-19-12(16(25)27-6)13(23)15(24)20-14/h10-11,22-23H,7-9H2,1-6H3,(H,19,20,24)/t10-,11?/m0/s1. The fourth-order valence-electron chi connectivity index (χ4n) is 2.10. The minimum Gasteiger partial charge on any atom is -0.501 e. The zero-order valence-electron chi connectivity index (χ0n) is 17.5. The number of aliphatic hydroxyl groups is 1. The maximum absolute atomic E-state index is 12.5. The molecule has 0 saturated heterocycles. The van der Waals surface area contributed by atoms with Gasteiger partial charge in [0.05, 0.1) is 26.4 Å². The molecule has 0 aliphatic heterocycles. The lowest BCUT2D eigenvalue weighted by atomic mass is 10.2. The first-order valence-corrected chi connectivity index (χ1v) is 9.01. The van der Waals surface area contributed by atoms with Crippen LogP contribution in [0.1, 0.15) is 56.5 Å². The van der Waals surface area contributed by atoms with Gasteiger partial charge in [0.15, 0.2) is 11.5 Å². The molecule has 1 aromatic heterocycles. The van der Waals surface area contributed by atoms with Crippen LogP contribution in [0.3, 0.4) is 0 Å². The molecule has 1 amide bonds. The smallest absolute Gasteiger partial charge is 0.410 e. The summed E-state index contributed by atoms with van der Waals surface area (Å²) in [6.07, 6.45) is -0.963. The monoisotopic (exact) mass is 415 g/mol. The average Bonchev–Trinajstić information content (AvgIpc) is 2.64. The van der Waals surface area contributed by atoms with Crippen LogP contribution in [0, 0.1) is 0 Å². The number of hydrogen-bond acceptors (Lipinski definition) is 10. The van der Waals surface area contributed by atoms with Gasteiger partial charge < -0.3 is 29.5 Å². The number of carbonyl (C=O) groups excluding carboxylic acids is 2. The van der Waals surface area contributed by atoms with E-state index < -0.39 is 47.1 Å². The van der Waals surface area contributed by atoms with Crippen molar-refractivity contribution in [3.63, 3.8) is 0 Å². The van der Waals surface area contributed by atoms with Crippen molar-refractivity contribution in [1.82, 2.24) is 14.9 Å². The number of aliphatic hydroxyl groups excluding tert-OH is 1. The Labute approximate surface area is 169 Å². The highest BCUT2D eigenvalue weighted by Crippen LogP contribution is 2.29. The van der Waals surface area contributed by atoms with Gasteiger partial charge in [-0.05, 0) is 27.2 Å². The van der Waals surface area contributed by atoms with Crippen molar-refractivity contribution in [2.75, 3.05) is 27.4 Å². The number of aromatic nitrogens is 2. The van der Waals surface area contributed by atoms with Crippen LogP contribution >= 0.6 is 0 Å². The zero-order chi connectivity index (χ0) is 22.4. The number of amides is 1. The van der Waals surface area contributed by atoms with Gasteiger partial charge in [0.1, 0.15) is 11.6 Å². The summed E-state index contributed by atoms with van der Waals surface area (Å²) in [5.41, 5.74) is -1.34. The molecule has 1 heterocycles. The number of esters is 1. The van der Waals surface area contributed by atoms with Crippen LogP contribution in [0.25, 0.3) is 0 Å². The molecular weight excluding hydrogens is 386 g/mol. The van der Waals surface area contributed by atoms with E-state index in [0.717, 1.165) is 12.0 Å². The second-order valence-corrected chi connectivity index (χ2v) is 7.30. The topological polar surface area (TPSA) is 152 Å². The van der Waals surface area contributed by atoms with E-state index in [-0.39, 0.29) is 19.0 Å². The van der Waals surface area contributed by atoms with Crippen molar-refractivity contribution in [3.8, 4) is 11.6 Å². The molecule has 0 bridgehead atoms. The van der Waals surface area contributed by atoms with Crippen LogP contribution in [-0.4, -0.2) is 81.3 Å². The first-order chi connectivity index (χ1) is 13.4. The van der Waals surface area contributed by atoms with E-state index in [9.17, 15) is 24.9 Å². The minimum atomic E-state index is -0.998. The van der Waals surface area contributed by atoms with Crippen molar-refractivity contribution >= 4 is 12.1 Å². The second kappa shape index (κ2) is 10.2. The van der Waals surface area contributed by atoms with E-state index in [1.54, 1.807) is 27.7 Å². The Bertz CT molecular complexity index is 720. The Hall–Kier alpha value is -2.66. The predicted molar refractivity (Wildman–Crippen MR) is 101 cm³/mol. The maximum Gasteiger partial charge on any atom is 0.410 e. The lowest BCUT2D eigenvalue weighted by molar-refractivity contribution is -0.0101. The van der Waals surface area contributed by atoms with E-state index >= 15 is 0 Å². The molecule has 164 valence electrons. The number of carbonyl (C=O) groups is 2. The number of nitrogens with zero attached hydrogens (tertiary/aromatic N) is 3. The van der Waals surface area contributed by atoms with Gasteiger partial charge in [-0.25, -0.2) is 14.6 Å². The summed E-state index contributed by atoms with van der Waals surface area (Å²) in [7, 11) is 2.49. The van der Waals surface area contributed by atoms with Crippen molar-refractivity contribution in [2.24, 2.45) is 0 Å². The second-order valence-electron chi connectivity index (χ2n) is 7.30. The van der Waals surface area contributed by atoms with Gasteiger partial charge in [0.25, 0.3) is 5.88 Å². The summed E-state index contributed by atoms with van der Waals surface area (Å²) in [5.74, 6) is -2.88. The molecule has 1 unspecified atom stereocenters. The van der Waals surface area contributed by atoms with Crippen LogP contribution in [0.4, 0.5) is 4.79 Å². The number of hydrogen-bond donors (Lipinski definition) is 3. The fourth-order valence-corrected chi connectivity index (χ4v) is 2.10. The van der Waals surface area contributed by atoms with Crippen molar-refractivity contribution in [3.05, 3.63) is 11.5 Å².